The van der Waals surface area contributed by atoms with Crippen molar-refractivity contribution in [1.82, 2.24) is 0 Å². The number of halogens is 3. The lowest BCUT2D eigenvalue weighted by Crippen LogP contribution is -2.17. The topological polar surface area (TPSA) is 52.6 Å². The molecule has 7 heteroatoms. The molecule has 0 rings (SSSR count). The molecule has 0 radical (unpaired) electrons. The van der Waals surface area contributed by atoms with Crippen LogP contribution in [0.25, 0.3) is 0 Å². The van der Waals surface area contributed by atoms with Crippen LogP contribution in [0.2, 0.25) is 0 Å². The predicted molar refractivity (Wildman–Crippen MR) is 103 cm³/mol. The van der Waals surface area contributed by atoms with Crippen LogP contribution in [0.1, 0.15) is 84.0 Å². The quantitative estimate of drug-likeness (QED) is 0.182. The molecule has 0 unspecified atom stereocenters. The van der Waals surface area contributed by atoms with Gasteiger partial charge in [0.25, 0.3) is 0 Å². The van der Waals surface area contributed by atoms with Crippen molar-refractivity contribution in [3.05, 3.63) is 0 Å². The fourth-order valence-corrected chi connectivity index (χ4v) is 2.45. The van der Waals surface area contributed by atoms with Gasteiger partial charge in [0.05, 0.1) is 6.61 Å². The van der Waals surface area contributed by atoms with Gasteiger partial charge in [0, 0.05) is 12.8 Å². The standard InChI is InChI=1S/C18H31Cl3O4/c1-2-3-4-5-6-7-8-9-10-14-24-16(22)12-11-13-17(23)25-15-18(19,20)21/h2-15H2,1H3. The molecule has 0 aromatic rings. The zero-order valence-corrected chi connectivity index (χ0v) is 17.4. The monoisotopic (exact) mass is 416 g/mol. The molecule has 0 saturated carbocycles. The highest BCUT2D eigenvalue weighted by Gasteiger charge is 2.22. The van der Waals surface area contributed by atoms with Gasteiger partial charge in [-0.2, -0.15) is 0 Å². The summed E-state index contributed by atoms with van der Waals surface area (Å²) in [7, 11) is 0. The van der Waals surface area contributed by atoms with Gasteiger partial charge in [-0.1, -0.05) is 93.1 Å². The normalized spacial score (nSPS) is 11.4. The van der Waals surface area contributed by atoms with Gasteiger partial charge in [-0.05, 0) is 12.8 Å². The molecule has 0 aliphatic heterocycles. The highest BCUT2D eigenvalue weighted by molar-refractivity contribution is 6.67. The molecule has 4 nitrogen and oxygen atoms in total. The Hall–Kier alpha value is -0.190. The second-order valence-electron chi connectivity index (χ2n) is 6.18. The molecule has 0 atom stereocenters. The third kappa shape index (κ3) is 20.0. The second-order valence-corrected chi connectivity index (χ2v) is 8.69. The molecule has 0 aliphatic carbocycles. The van der Waals surface area contributed by atoms with Gasteiger partial charge in [-0.3, -0.25) is 9.59 Å². The molecule has 0 aromatic heterocycles. The molecule has 25 heavy (non-hydrogen) atoms. The van der Waals surface area contributed by atoms with Gasteiger partial charge in [-0.15, -0.1) is 0 Å². The van der Waals surface area contributed by atoms with E-state index in [9.17, 15) is 9.59 Å². The molecular weight excluding hydrogens is 387 g/mol. The SMILES string of the molecule is CCCCCCCCCCCOC(=O)CCCC(=O)OCC(Cl)(Cl)Cl. The van der Waals surface area contributed by atoms with E-state index < -0.39 is 9.76 Å². The van der Waals surface area contributed by atoms with Crippen LogP contribution in [0.15, 0.2) is 0 Å². The first-order valence-corrected chi connectivity index (χ1v) is 10.4. The average Bonchev–Trinajstić information content (AvgIpc) is 2.54. The van der Waals surface area contributed by atoms with E-state index in [2.05, 4.69) is 6.92 Å². The van der Waals surface area contributed by atoms with Crippen molar-refractivity contribution < 1.29 is 19.1 Å². The highest BCUT2D eigenvalue weighted by atomic mass is 35.6. The first kappa shape index (κ1) is 24.8. The zero-order chi connectivity index (χ0) is 19.0. The maximum atomic E-state index is 11.5. The number of unbranched alkanes of at least 4 members (excludes halogenated alkanes) is 8. The van der Waals surface area contributed by atoms with Crippen molar-refractivity contribution in [2.45, 2.75) is 87.8 Å². The van der Waals surface area contributed by atoms with Crippen LogP contribution in [0.5, 0.6) is 0 Å². The Morgan fingerprint density at radius 3 is 1.72 bits per heavy atom. The molecule has 0 heterocycles. The van der Waals surface area contributed by atoms with Gasteiger partial charge in [-0.25, -0.2) is 0 Å². The van der Waals surface area contributed by atoms with Crippen molar-refractivity contribution in [3.8, 4) is 0 Å². The van der Waals surface area contributed by atoms with E-state index in [0.29, 0.717) is 13.0 Å². The highest BCUT2D eigenvalue weighted by Crippen LogP contribution is 2.26. The zero-order valence-electron chi connectivity index (χ0n) is 15.2. The Balaban J connectivity index is 3.37. The summed E-state index contributed by atoms with van der Waals surface area (Å²) in [6.07, 6.45) is 11.7. The number of hydrogen-bond donors (Lipinski definition) is 0. The van der Waals surface area contributed by atoms with Crippen molar-refractivity contribution in [1.29, 1.82) is 0 Å². The Labute approximate surface area is 166 Å². The van der Waals surface area contributed by atoms with Gasteiger partial charge in [0.1, 0.15) is 6.61 Å². The molecule has 0 N–H and O–H groups in total. The summed E-state index contributed by atoms with van der Waals surface area (Å²) in [6.45, 7) is 2.38. The molecule has 0 fully saturated rings. The minimum atomic E-state index is -1.61. The molecule has 0 bridgehead atoms. The van der Waals surface area contributed by atoms with Gasteiger partial charge in [0.15, 0.2) is 0 Å². The number of carbonyl (C=O) groups excluding carboxylic acids is 2. The Kier molecular flexibility index (Phi) is 15.9. The minimum Gasteiger partial charge on any atom is -0.466 e. The number of esters is 2. The average molecular weight is 418 g/mol. The van der Waals surface area contributed by atoms with Crippen LogP contribution in [-0.4, -0.2) is 28.9 Å². The molecule has 0 aliphatic rings. The van der Waals surface area contributed by atoms with E-state index in [4.69, 9.17) is 44.3 Å². The number of rotatable bonds is 15. The lowest BCUT2D eigenvalue weighted by atomic mass is 10.1. The van der Waals surface area contributed by atoms with Crippen molar-refractivity contribution >= 4 is 46.7 Å². The summed E-state index contributed by atoms with van der Waals surface area (Å²) < 4.78 is 8.30. The van der Waals surface area contributed by atoms with Crippen molar-refractivity contribution in [3.63, 3.8) is 0 Å². The van der Waals surface area contributed by atoms with Gasteiger partial charge < -0.3 is 9.47 Å². The Morgan fingerprint density at radius 2 is 1.20 bits per heavy atom. The first-order valence-electron chi connectivity index (χ1n) is 9.23. The van der Waals surface area contributed by atoms with Crippen LogP contribution in [0.4, 0.5) is 0 Å². The Bertz CT molecular complexity index is 357. The summed E-state index contributed by atoms with van der Waals surface area (Å²) in [5.74, 6) is -0.771. The summed E-state index contributed by atoms with van der Waals surface area (Å²) in [6, 6.07) is 0. The van der Waals surface area contributed by atoms with E-state index in [-0.39, 0.29) is 25.4 Å². The fraction of sp³-hybridized carbons (Fsp3) is 0.889. The first-order chi connectivity index (χ1) is 11.8. The van der Waals surface area contributed by atoms with Crippen LogP contribution in [-0.2, 0) is 19.1 Å². The number of alkyl halides is 3. The molecule has 148 valence electrons. The van der Waals surface area contributed by atoms with Crippen LogP contribution in [0, 0.1) is 0 Å². The molecule has 0 saturated heterocycles. The van der Waals surface area contributed by atoms with Crippen LogP contribution >= 0.6 is 34.8 Å². The third-order valence-electron chi connectivity index (χ3n) is 3.67. The Morgan fingerprint density at radius 1 is 0.720 bits per heavy atom. The van der Waals surface area contributed by atoms with E-state index in [1.54, 1.807) is 0 Å². The maximum absolute atomic E-state index is 11.5. The van der Waals surface area contributed by atoms with Crippen molar-refractivity contribution in [2.24, 2.45) is 0 Å². The minimum absolute atomic E-state index is 0.105. The number of hydrogen-bond acceptors (Lipinski definition) is 4. The predicted octanol–water partition coefficient (Wildman–Crippen LogP) is 6.14. The molecule has 0 aromatic carbocycles. The largest absolute Gasteiger partial charge is 0.466 e. The lowest BCUT2D eigenvalue weighted by Gasteiger charge is -2.11. The fourth-order valence-electron chi connectivity index (χ4n) is 2.28. The van der Waals surface area contributed by atoms with Gasteiger partial charge in [0.2, 0.25) is 3.79 Å². The second kappa shape index (κ2) is 16.0. The lowest BCUT2D eigenvalue weighted by molar-refractivity contribution is -0.145. The smallest absolute Gasteiger partial charge is 0.305 e. The summed E-state index contributed by atoms with van der Waals surface area (Å²) in [5, 5.41) is 0. The van der Waals surface area contributed by atoms with E-state index in [1.165, 1.54) is 44.9 Å². The third-order valence-corrected chi connectivity index (χ3v) is 4.00. The number of carbonyl (C=O) groups is 2. The van der Waals surface area contributed by atoms with E-state index in [0.717, 1.165) is 12.8 Å². The maximum Gasteiger partial charge on any atom is 0.305 e. The molecule has 0 amide bonds. The summed E-state index contributed by atoms with van der Waals surface area (Å²) in [5.41, 5.74) is 0. The summed E-state index contributed by atoms with van der Waals surface area (Å²) in [4.78, 5) is 22.9. The summed E-state index contributed by atoms with van der Waals surface area (Å²) >= 11 is 16.4. The van der Waals surface area contributed by atoms with Crippen LogP contribution < -0.4 is 0 Å². The van der Waals surface area contributed by atoms with E-state index >= 15 is 0 Å². The van der Waals surface area contributed by atoms with Crippen molar-refractivity contribution in [2.75, 3.05) is 13.2 Å². The number of ether oxygens (including phenoxy) is 2. The van der Waals surface area contributed by atoms with Gasteiger partial charge >= 0.3 is 11.9 Å². The molecular formula is C18H31Cl3O4. The molecule has 0 spiro atoms. The van der Waals surface area contributed by atoms with Crippen LogP contribution in [0.3, 0.4) is 0 Å². The van der Waals surface area contributed by atoms with E-state index in [1.807, 2.05) is 0 Å².